The third kappa shape index (κ3) is 6.23. The van der Waals surface area contributed by atoms with Crippen LogP contribution in [0, 0.1) is 0 Å². The molecular weight excluding hydrogens is 474 g/mol. The SMILES string of the molecule is O=C(/C=C/c1ccc(-c2cc(Cl)cc(Cl)c2)o1)NC(=S)Nc1ccc(Cl)cc1Cl. The minimum Gasteiger partial charge on any atom is -0.457 e. The van der Waals surface area contributed by atoms with Crippen LogP contribution in [0.15, 0.2) is 59.0 Å². The van der Waals surface area contributed by atoms with Crippen molar-refractivity contribution in [2.24, 2.45) is 0 Å². The molecule has 0 spiro atoms. The molecular formula is C20H12Cl4N2O2S. The molecule has 0 aliphatic rings. The van der Waals surface area contributed by atoms with Gasteiger partial charge in [-0.1, -0.05) is 46.4 Å². The summed E-state index contributed by atoms with van der Waals surface area (Å²) in [5, 5.41) is 7.33. The maximum atomic E-state index is 12.1. The number of hydrogen-bond donors (Lipinski definition) is 2. The Morgan fingerprint density at radius 2 is 1.66 bits per heavy atom. The molecule has 0 bridgehead atoms. The molecule has 0 aliphatic carbocycles. The molecule has 2 aromatic carbocycles. The zero-order chi connectivity index (χ0) is 21.0. The molecule has 1 aromatic heterocycles. The summed E-state index contributed by atoms with van der Waals surface area (Å²) in [4.78, 5) is 12.1. The number of hydrogen-bond acceptors (Lipinski definition) is 3. The van der Waals surface area contributed by atoms with E-state index < -0.39 is 5.91 Å². The maximum Gasteiger partial charge on any atom is 0.250 e. The van der Waals surface area contributed by atoms with Crippen LogP contribution in [-0.4, -0.2) is 11.0 Å². The molecule has 3 rings (SSSR count). The number of halogens is 4. The zero-order valence-corrected chi connectivity index (χ0v) is 18.4. The lowest BCUT2D eigenvalue weighted by Gasteiger charge is -2.09. The predicted octanol–water partition coefficient (Wildman–Crippen LogP) is 7.09. The largest absolute Gasteiger partial charge is 0.457 e. The molecule has 29 heavy (non-hydrogen) atoms. The molecule has 0 atom stereocenters. The smallest absolute Gasteiger partial charge is 0.250 e. The Kier molecular flexibility index (Phi) is 7.22. The number of anilines is 1. The number of benzene rings is 2. The van der Waals surface area contributed by atoms with Crippen molar-refractivity contribution in [2.75, 3.05) is 5.32 Å². The predicted molar refractivity (Wildman–Crippen MR) is 124 cm³/mol. The monoisotopic (exact) mass is 484 g/mol. The van der Waals surface area contributed by atoms with Gasteiger partial charge in [0.25, 0.3) is 0 Å². The van der Waals surface area contributed by atoms with Crippen molar-refractivity contribution in [3.8, 4) is 11.3 Å². The lowest BCUT2D eigenvalue weighted by Crippen LogP contribution is -2.32. The lowest BCUT2D eigenvalue weighted by atomic mass is 10.2. The van der Waals surface area contributed by atoms with Crippen LogP contribution < -0.4 is 10.6 Å². The van der Waals surface area contributed by atoms with Gasteiger partial charge in [-0.15, -0.1) is 0 Å². The van der Waals surface area contributed by atoms with Gasteiger partial charge in [-0.2, -0.15) is 0 Å². The van der Waals surface area contributed by atoms with Gasteiger partial charge in [-0.25, -0.2) is 0 Å². The van der Waals surface area contributed by atoms with Crippen molar-refractivity contribution in [3.63, 3.8) is 0 Å². The van der Waals surface area contributed by atoms with E-state index in [0.29, 0.717) is 37.3 Å². The van der Waals surface area contributed by atoms with Gasteiger partial charge in [0.05, 0.1) is 10.7 Å². The second-order valence-corrected chi connectivity index (χ2v) is 7.89. The number of carbonyl (C=O) groups excluding carboxylic acids is 1. The number of amides is 1. The van der Waals surface area contributed by atoms with E-state index in [0.717, 1.165) is 5.56 Å². The highest BCUT2D eigenvalue weighted by atomic mass is 35.5. The summed E-state index contributed by atoms with van der Waals surface area (Å²) >= 11 is 29.0. The fraction of sp³-hybridized carbons (Fsp3) is 0. The first-order chi connectivity index (χ1) is 13.8. The molecule has 9 heteroatoms. The Morgan fingerprint density at radius 3 is 2.34 bits per heavy atom. The average molecular weight is 486 g/mol. The molecule has 0 aliphatic heterocycles. The Hall–Kier alpha value is -2.02. The first-order valence-electron chi connectivity index (χ1n) is 8.11. The number of thiocarbonyl (C=S) groups is 1. The molecule has 0 unspecified atom stereocenters. The fourth-order valence-electron chi connectivity index (χ4n) is 2.35. The second kappa shape index (κ2) is 9.65. The highest BCUT2D eigenvalue weighted by Gasteiger charge is 2.08. The third-order valence-corrected chi connectivity index (χ3v) is 4.78. The van der Waals surface area contributed by atoms with Gasteiger partial charge in [0.15, 0.2) is 5.11 Å². The Balaban J connectivity index is 1.60. The molecule has 0 saturated carbocycles. The van der Waals surface area contributed by atoms with Crippen LogP contribution in [0.4, 0.5) is 5.69 Å². The van der Waals surface area contributed by atoms with Crippen LogP contribution in [0.1, 0.15) is 5.76 Å². The molecule has 0 fully saturated rings. The first kappa shape index (κ1) is 21.7. The van der Waals surface area contributed by atoms with E-state index in [9.17, 15) is 4.79 Å². The summed E-state index contributed by atoms with van der Waals surface area (Å²) in [6.45, 7) is 0. The van der Waals surface area contributed by atoms with Crippen LogP contribution in [0.5, 0.6) is 0 Å². The minimum atomic E-state index is -0.434. The van der Waals surface area contributed by atoms with Gasteiger partial charge in [0.1, 0.15) is 11.5 Å². The van der Waals surface area contributed by atoms with Crippen LogP contribution in [0.3, 0.4) is 0 Å². The average Bonchev–Trinajstić information content (AvgIpc) is 3.11. The minimum absolute atomic E-state index is 0.0950. The van der Waals surface area contributed by atoms with Crippen molar-refractivity contribution in [3.05, 3.63) is 80.5 Å². The second-order valence-electron chi connectivity index (χ2n) is 5.76. The van der Waals surface area contributed by atoms with Crippen molar-refractivity contribution >= 4 is 81.4 Å². The van der Waals surface area contributed by atoms with E-state index in [-0.39, 0.29) is 5.11 Å². The summed E-state index contributed by atoms with van der Waals surface area (Å²) in [5.41, 5.74) is 1.26. The third-order valence-electron chi connectivity index (χ3n) is 3.59. The molecule has 0 saturated heterocycles. The maximum absolute atomic E-state index is 12.1. The Morgan fingerprint density at radius 1 is 0.931 bits per heavy atom. The summed E-state index contributed by atoms with van der Waals surface area (Å²) in [6, 6.07) is 13.5. The van der Waals surface area contributed by atoms with Crippen molar-refractivity contribution < 1.29 is 9.21 Å². The molecule has 3 aromatic rings. The number of furan rings is 1. The van der Waals surface area contributed by atoms with Crippen LogP contribution >= 0.6 is 58.6 Å². The Labute approximate surface area is 192 Å². The van der Waals surface area contributed by atoms with Crippen molar-refractivity contribution in [1.82, 2.24) is 5.32 Å². The number of nitrogens with one attached hydrogen (secondary N) is 2. The molecule has 148 valence electrons. The molecule has 0 radical (unpaired) electrons. The lowest BCUT2D eigenvalue weighted by molar-refractivity contribution is -0.115. The van der Waals surface area contributed by atoms with Gasteiger partial charge < -0.3 is 9.73 Å². The number of rotatable bonds is 4. The first-order valence-corrected chi connectivity index (χ1v) is 10.0. The van der Waals surface area contributed by atoms with E-state index >= 15 is 0 Å². The summed E-state index contributed by atoms with van der Waals surface area (Å²) in [5.74, 6) is 0.617. The van der Waals surface area contributed by atoms with Crippen LogP contribution in [0.25, 0.3) is 17.4 Å². The van der Waals surface area contributed by atoms with Crippen LogP contribution in [-0.2, 0) is 4.79 Å². The molecule has 1 amide bonds. The van der Waals surface area contributed by atoms with E-state index in [1.165, 1.54) is 12.2 Å². The van der Waals surface area contributed by atoms with Gasteiger partial charge in [0, 0.05) is 26.7 Å². The highest BCUT2D eigenvalue weighted by molar-refractivity contribution is 7.80. The van der Waals surface area contributed by atoms with E-state index in [2.05, 4.69) is 10.6 Å². The quantitative estimate of drug-likeness (QED) is 0.306. The van der Waals surface area contributed by atoms with E-state index in [1.807, 2.05) is 0 Å². The van der Waals surface area contributed by atoms with Gasteiger partial charge in [-0.05, 0) is 66.8 Å². The van der Waals surface area contributed by atoms with Gasteiger partial charge >= 0.3 is 0 Å². The summed E-state index contributed by atoms with van der Waals surface area (Å²) in [6.07, 6.45) is 2.81. The standard InChI is InChI=1S/C20H12Cl4N2O2S/c21-12-1-4-17(16(24)10-12)25-20(29)26-19(27)6-3-15-2-5-18(28-15)11-7-13(22)9-14(23)8-11/h1-10H,(H2,25,26,27,29)/b6-3+. The van der Waals surface area contributed by atoms with Crippen molar-refractivity contribution in [2.45, 2.75) is 0 Å². The van der Waals surface area contributed by atoms with E-state index in [4.69, 9.17) is 63.0 Å². The molecule has 4 nitrogen and oxygen atoms in total. The number of carbonyl (C=O) groups is 1. The van der Waals surface area contributed by atoms with Crippen molar-refractivity contribution in [1.29, 1.82) is 0 Å². The zero-order valence-electron chi connectivity index (χ0n) is 14.5. The Bertz CT molecular complexity index is 1090. The normalized spacial score (nSPS) is 10.9. The topological polar surface area (TPSA) is 54.3 Å². The highest BCUT2D eigenvalue weighted by Crippen LogP contribution is 2.29. The molecule has 2 N–H and O–H groups in total. The summed E-state index contributed by atoms with van der Waals surface area (Å²) < 4.78 is 5.70. The van der Waals surface area contributed by atoms with Crippen LogP contribution in [0.2, 0.25) is 20.1 Å². The van der Waals surface area contributed by atoms with Gasteiger partial charge in [-0.3, -0.25) is 10.1 Å². The van der Waals surface area contributed by atoms with E-state index in [1.54, 1.807) is 48.5 Å². The van der Waals surface area contributed by atoms with Gasteiger partial charge in [0.2, 0.25) is 5.91 Å². The summed E-state index contributed by atoms with van der Waals surface area (Å²) in [7, 11) is 0. The molecule has 1 heterocycles. The fourth-order valence-corrected chi connectivity index (χ4v) is 3.54.